The Morgan fingerprint density at radius 1 is 1.38 bits per heavy atom. The normalized spacial score (nSPS) is 11.8. The van der Waals surface area contributed by atoms with Gasteiger partial charge in [0, 0.05) is 5.56 Å². The molecule has 1 aromatic rings. The second-order valence-corrected chi connectivity index (χ2v) is 3.35. The molecule has 1 rings (SSSR count). The molecule has 70 valence electrons. The number of anilines is 1. The fraction of sp³-hybridized carbons (Fsp3) is 0.125. The zero-order valence-corrected chi connectivity index (χ0v) is 8.39. The van der Waals surface area contributed by atoms with Crippen molar-refractivity contribution in [2.75, 3.05) is 5.73 Å². The van der Waals surface area contributed by atoms with E-state index in [0.29, 0.717) is 27.0 Å². The number of hydrogen-bond donors (Lipinski definition) is 2. The molecule has 5 heteroatoms. The van der Waals surface area contributed by atoms with Gasteiger partial charge in [0.05, 0.1) is 21.4 Å². The van der Waals surface area contributed by atoms with Crippen LogP contribution in [0.4, 0.5) is 5.69 Å². The minimum Gasteiger partial charge on any atom is -0.411 e. The first-order valence-electron chi connectivity index (χ1n) is 3.49. The predicted octanol–water partition coefficient (Wildman–Crippen LogP) is 2.77. The molecule has 0 atom stereocenters. The summed E-state index contributed by atoms with van der Waals surface area (Å²) in [5, 5.41) is 12.2. The Balaban J connectivity index is 3.29. The third-order valence-electron chi connectivity index (χ3n) is 1.65. The number of hydrogen-bond acceptors (Lipinski definition) is 3. The largest absolute Gasteiger partial charge is 0.411 e. The first kappa shape index (κ1) is 10.2. The average Bonchev–Trinajstić information content (AvgIpc) is 2.12. The van der Waals surface area contributed by atoms with E-state index in [2.05, 4.69) is 5.16 Å². The lowest BCUT2D eigenvalue weighted by Gasteiger charge is -2.04. The van der Waals surface area contributed by atoms with Crippen LogP contribution in [0.2, 0.25) is 10.0 Å². The summed E-state index contributed by atoms with van der Waals surface area (Å²) in [6, 6.07) is 3.19. The van der Waals surface area contributed by atoms with Crippen molar-refractivity contribution in [3.8, 4) is 0 Å². The lowest BCUT2D eigenvalue weighted by atomic mass is 10.1. The molecule has 0 aliphatic rings. The van der Waals surface area contributed by atoms with Crippen molar-refractivity contribution in [3.63, 3.8) is 0 Å². The van der Waals surface area contributed by atoms with Crippen LogP contribution in [0.15, 0.2) is 17.3 Å². The zero-order chi connectivity index (χ0) is 10.0. The maximum absolute atomic E-state index is 8.51. The molecule has 3 N–H and O–H groups in total. The van der Waals surface area contributed by atoms with E-state index >= 15 is 0 Å². The molecule has 0 radical (unpaired) electrons. The fourth-order valence-electron chi connectivity index (χ4n) is 0.851. The van der Waals surface area contributed by atoms with Gasteiger partial charge in [-0.1, -0.05) is 28.4 Å². The van der Waals surface area contributed by atoms with Gasteiger partial charge in [-0.05, 0) is 19.1 Å². The molecule has 3 nitrogen and oxygen atoms in total. The van der Waals surface area contributed by atoms with Gasteiger partial charge < -0.3 is 10.9 Å². The highest BCUT2D eigenvalue weighted by Crippen LogP contribution is 2.28. The van der Waals surface area contributed by atoms with Crippen LogP contribution < -0.4 is 5.73 Å². The van der Waals surface area contributed by atoms with Crippen LogP contribution >= 0.6 is 23.2 Å². The number of nitrogens with zero attached hydrogens (tertiary/aromatic N) is 1. The van der Waals surface area contributed by atoms with Crippen LogP contribution in [0.3, 0.4) is 0 Å². The molecule has 0 aliphatic carbocycles. The summed E-state index contributed by atoms with van der Waals surface area (Å²) in [5.41, 5.74) is 6.94. The van der Waals surface area contributed by atoms with Gasteiger partial charge in [0.15, 0.2) is 0 Å². The third kappa shape index (κ3) is 2.05. The highest BCUT2D eigenvalue weighted by atomic mass is 35.5. The first-order chi connectivity index (χ1) is 6.06. The Morgan fingerprint density at radius 3 is 2.23 bits per heavy atom. The molecule has 0 aliphatic heterocycles. The monoisotopic (exact) mass is 218 g/mol. The van der Waals surface area contributed by atoms with Crippen molar-refractivity contribution in [2.45, 2.75) is 6.92 Å². The average molecular weight is 219 g/mol. The highest BCUT2D eigenvalue weighted by molar-refractivity contribution is 6.39. The van der Waals surface area contributed by atoms with E-state index in [1.807, 2.05) is 0 Å². The molecule has 0 spiro atoms. The topological polar surface area (TPSA) is 58.6 Å². The fourth-order valence-corrected chi connectivity index (χ4v) is 1.34. The molecule has 0 fully saturated rings. The van der Waals surface area contributed by atoms with Crippen molar-refractivity contribution in [1.29, 1.82) is 0 Å². The Kier molecular flexibility index (Phi) is 3.01. The van der Waals surface area contributed by atoms with Gasteiger partial charge >= 0.3 is 0 Å². The SMILES string of the molecule is C/C(=N\O)c1cc(Cl)c(N)c(Cl)c1. The summed E-state index contributed by atoms with van der Waals surface area (Å²) in [6.45, 7) is 1.64. The molecule has 0 unspecified atom stereocenters. The number of rotatable bonds is 1. The minimum atomic E-state index is 0.331. The van der Waals surface area contributed by atoms with Gasteiger partial charge in [0.1, 0.15) is 0 Å². The Morgan fingerprint density at radius 2 is 1.85 bits per heavy atom. The third-order valence-corrected chi connectivity index (χ3v) is 2.27. The van der Waals surface area contributed by atoms with E-state index in [9.17, 15) is 0 Å². The Hall–Kier alpha value is -0.930. The maximum Gasteiger partial charge on any atom is 0.0838 e. The molecule has 0 amide bonds. The maximum atomic E-state index is 8.51. The van der Waals surface area contributed by atoms with Crippen LogP contribution in [0.5, 0.6) is 0 Å². The lowest BCUT2D eigenvalue weighted by molar-refractivity contribution is 0.319. The van der Waals surface area contributed by atoms with Crippen molar-refractivity contribution >= 4 is 34.6 Å². The molecule has 0 bridgehead atoms. The molecule has 0 heterocycles. The highest BCUT2D eigenvalue weighted by Gasteiger charge is 2.06. The summed E-state index contributed by atoms with van der Waals surface area (Å²) in [4.78, 5) is 0. The molecular formula is C8H8Cl2N2O. The second kappa shape index (κ2) is 3.85. The minimum absolute atomic E-state index is 0.331. The molecular weight excluding hydrogens is 211 g/mol. The smallest absolute Gasteiger partial charge is 0.0838 e. The summed E-state index contributed by atoms with van der Waals surface area (Å²) in [5.74, 6) is 0. The molecule has 0 saturated heterocycles. The van der Waals surface area contributed by atoms with E-state index in [0.717, 1.165) is 0 Å². The zero-order valence-electron chi connectivity index (χ0n) is 6.88. The van der Waals surface area contributed by atoms with Gasteiger partial charge in [0.2, 0.25) is 0 Å². The lowest BCUT2D eigenvalue weighted by Crippen LogP contribution is -1.97. The number of halogens is 2. The van der Waals surface area contributed by atoms with Crippen LogP contribution in [0.25, 0.3) is 0 Å². The van der Waals surface area contributed by atoms with Gasteiger partial charge in [-0.15, -0.1) is 0 Å². The van der Waals surface area contributed by atoms with Crippen LogP contribution in [0.1, 0.15) is 12.5 Å². The van der Waals surface area contributed by atoms with Crippen molar-refractivity contribution < 1.29 is 5.21 Å². The van der Waals surface area contributed by atoms with E-state index in [1.165, 1.54) is 0 Å². The van der Waals surface area contributed by atoms with Crippen LogP contribution in [0, 0.1) is 0 Å². The standard InChI is InChI=1S/C8H8Cl2N2O/c1-4(12-13)5-2-6(9)8(11)7(10)3-5/h2-3,13H,11H2,1H3/b12-4+. The van der Waals surface area contributed by atoms with Gasteiger partial charge in [-0.3, -0.25) is 0 Å². The molecule has 13 heavy (non-hydrogen) atoms. The van der Waals surface area contributed by atoms with Gasteiger partial charge in [-0.25, -0.2) is 0 Å². The number of nitrogens with two attached hydrogens (primary N) is 1. The quantitative estimate of drug-likeness (QED) is 0.330. The molecule has 0 aromatic heterocycles. The number of benzene rings is 1. The van der Waals surface area contributed by atoms with E-state index in [4.69, 9.17) is 34.1 Å². The van der Waals surface area contributed by atoms with Crippen molar-refractivity contribution in [1.82, 2.24) is 0 Å². The van der Waals surface area contributed by atoms with Crippen molar-refractivity contribution in [3.05, 3.63) is 27.7 Å². The van der Waals surface area contributed by atoms with Gasteiger partial charge in [-0.2, -0.15) is 0 Å². The summed E-state index contributed by atoms with van der Waals surface area (Å²) in [7, 11) is 0. The summed E-state index contributed by atoms with van der Waals surface area (Å²) < 4.78 is 0. The number of oxime groups is 1. The van der Waals surface area contributed by atoms with Crippen LogP contribution in [-0.4, -0.2) is 10.9 Å². The van der Waals surface area contributed by atoms with Crippen molar-refractivity contribution in [2.24, 2.45) is 5.16 Å². The first-order valence-corrected chi connectivity index (χ1v) is 4.25. The molecule has 0 saturated carbocycles. The molecule has 1 aromatic carbocycles. The van der Waals surface area contributed by atoms with E-state index in [-0.39, 0.29) is 0 Å². The summed E-state index contributed by atoms with van der Waals surface area (Å²) in [6.07, 6.45) is 0. The predicted molar refractivity (Wildman–Crippen MR) is 54.9 cm³/mol. The second-order valence-electron chi connectivity index (χ2n) is 2.54. The summed E-state index contributed by atoms with van der Waals surface area (Å²) >= 11 is 11.5. The number of nitrogen functional groups attached to an aromatic ring is 1. The van der Waals surface area contributed by atoms with Crippen LogP contribution in [-0.2, 0) is 0 Å². The van der Waals surface area contributed by atoms with E-state index < -0.39 is 0 Å². The van der Waals surface area contributed by atoms with Gasteiger partial charge in [0.25, 0.3) is 0 Å². The Labute approximate surface area is 85.8 Å². The Bertz CT molecular complexity index is 340. The van der Waals surface area contributed by atoms with E-state index in [1.54, 1.807) is 19.1 Å².